The summed E-state index contributed by atoms with van der Waals surface area (Å²) >= 11 is 0. The Bertz CT molecular complexity index is 135. The van der Waals surface area contributed by atoms with Gasteiger partial charge in [0.15, 0.2) is 0 Å². The van der Waals surface area contributed by atoms with Crippen molar-refractivity contribution in [1.29, 1.82) is 0 Å². The highest BCUT2D eigenvalue weighted by atomic mass is 16.6. The van der Waals surface area contributed by atoms with Crippen molar-refractivity contribution in [3.63, 3.8) is 0 Å². The highest BCUT2D eigenvalue weighted by molar-refractivity contribution is 4.96. The largest absolute Gasteiger partial charge is 0.370 e. The molecule has 2 fully saturated rings. The van der Waals surface area contributed by atoms with Gasteiger partial charge in [0.25, 0.3) is 0 Å². The zero-order chi connectivity index (χ0) is 6.27. The maximum Gasteiger partial charge on any atom is 0.0847 e. The van der Waals surface area contributed by atoms with E-state index < -0.39 is 0 Å². The maximum absolute atomic E-state index is 5.36. The first-order chi connectivity index (χ1) is 4.40. The summed E-state index contributed by atoms with van der Waals surface area (Å²) in [6.07, 6.45) is 7.11. The molecule has 1 heterocycles. The van der Waals surface area contributed by atoms with Gasteiger partial charge in [0.2, 0.25) is 0 Å². The Morgan fingerprint density at radius 1 is 1.44 bits per heavy atom. The molecule has 1 saturated carbocycles. The van der Waals surface area contributed by atoms with Gasteiger partial charge < -0.3 is 4.74 Å². The van der Waals surface area contributed by atoms with Crippen LogP contribution in [-0.2, 0) is 4.74 Å². The molecule has 0 amide bonds. The van der Waals surface area contributed by atoms with Crippen LogP contribution in [0.15, 0.2) is 12.7 Å². The van der Waals surface area contributed by atoms with E-state index in [1.807, 2.05) is 0 Å². The molecule has 0 aromatic rings. The monoisotopic (exact) mass is 126 g/mol. The minimum absolute atomic E-state index is 0. The van der Waals surface area contributed by atoms with Gasteiger partial charge in [-0.15, -0.1) is 6.58 Å². The second kappa shape index (κ2) is 1.84. The fourth-order valence-corrected chi connectivity index (χ4v) is 1.65. The van der Waals surface area contributed by atoms with Gasteiger partial charge >= 0.3 is 0 Å². The normalized spacial score (nSPS) is 47.8. The Balaban J connectivity index is 0.000000500. The van der Waals surface area contributed by atoms with Gasteiger partial charge in [-0.25, -0.2) is 0 Å². The molecule has 52 valence electrons. The maximum atomic E-state index is 5.36. The van der Waals surface area contributed by atoms with Crippen molar-refractivity contribution in [3.05, 3.63) is 12.7 Å². The van der Waals surface area contributed by atoms with Crippen LogP contribution >= 0.6 is 0 Å². The van der Waals surface area contributed by atoms with Crippen LogP contribution in [0.2, 0.25) is 0 Å². The number of fused-ring (bicyclic) bond motifs is 1. The number of allylic oxidation sites excluding steroid dienone is 1. The Hall–Kier alpha value is -0.300. The van der Waals surface area contributed by atoms with E-state index in [0.29, 0.717) is 12.2 Å². The summed E-state index contributed by atoms with van der Waals surface area (Å²) in [6, 6.07) is 0. The predicted molar refractivity (Wildman–Crippen MR) is 38.3 cm³/mol. The molecule has 1 heteroatoms. The lowest BCUT2D eigenvalue weighted by Crippen LogP contribution is -2.10. The molecule has 9 heavy (non-hydrogen) atoms. The molecule has 0 N–H and O–H groups in total. The molecule has 1 aliphatic carbocycles. The molecule has 2 rings (SSSR count). The summed E-state index contributed by atoms with van der Waals surface area (Å²) in [5.74, 6) is 0.744. The van der Waals surface area contributed by atoms with E-state index in [4.69, 9.17) is 4.74 Å². The first-order valence-corrected chi connectivity index (χ1v) is 3.68. The molecular formula is C8H14O. The van der Waals surface area contributed by atoms with Crippen LogP contribution in [0.3, 0.4) is 0 Å². The molecule has 2 aliphatic rings. The van der Waals surface area contributed by atoms with E-state index in [1.165, 1.54) is 19.3 Å². The van der Waals surface area contributed by atoms with Crippen LogP contribution < -0.4 is 0 Å². The Labute approximate surface area is 57.2 Å². The summed E-state index contributed by atoms with van der Waals surface area (Å²) in [6.45, 7) is 3.78. The fourth-order valence-electron chi connectivity index (χ4n) is 1.65. The summed E-state index contributed by atoms with van der Waals surface area (Å²) in [5, 5.41) is 0. The summed E-state index contributed by atoms with van der Waals surface area (Å²) < 4.78 is 5.36. The van der Waals surface area contributed by atoms with E-state index >= 15 is 0 Å². The van der Waals surface area contributed by atoms with Crippen LogP contribution in [0.4, 0.5) is 0 Å². The van der Waals surface area contributed by atoms with Gasteiger partial charge in [-0.05, 0) is 25.2 Å². The lowest BCUT2D eigenvalue weighted by molar-refractivity contribution is 0.370. The third kappa shape index (κ3) is 0.897. The van der Waals surface area contributed by atoms with Crippen LogP contribution in [0.1, 0.15) is 20.7 Å². The number of epoxide rings is 1. The van der Waals surface area contributed by atoms with Crippen molar-refractivity contribution in [3.8, 4) is 0 Å². The summed E-state index contributed by atoms with van der Waals surface area (Å²) in [4.78, 5) is 0. The molecule has 0 spiro atoms. The fraction of sp³-hybridized carbons (Fsp3) is 0.750. The van der Waals surface area contributed by atoms with E-state index in [1.54, 1.807) is 0 Å². The van der Waals surface area contributed by atoms with Crippen LogP contribution in [0.25, 0.3) is 0 Å². The number of hydrogen-bond acceptors (Lipinski definition) is 1. The average molecular weight is 126 g/mol. The first kappa shape index (κ1) is 5.48. The van der Waals surface area contributed by atoms with Crippen molar-refractivity contribution < 1.29 is 6.16 Å². The molecule has 1 aliphatic heterocycles. The standard InChI is InChI=1S/C8H12O.H2/c1-2-6-3-4-7-8(5-6)9-7;/h2,6-8H,1,3-5H2;1H. The number of ether oxygens (including phenoxy) is 1. The average Bonchev–Trinajstić information content (AvgIpc) is 2.64. The van der Waals surface area contributed by atoms with Gasteiger partial charge in [0, 0.05) is 1.43 Å². The molecule has 0 aromatic carbocycles. The first-order valence-electron chi connectivity index (χ1n) is 3.68. The van der Waals surface area contributed by atoms with Crippen molar-refractivity contribution in [2.45, 2.75) is 31.5 Å². The minimum Gasteiger partial charge on any atom is -0.370 e. The highest BCUT2D eigenvalue weighted by Crippen LogP contribution is 2.39. The molecule has 1 saturated heterocycles. The van der Waals surface area contributed by atoms with E-state index in [9.17, 15) is 0 Å². The minimum atomic E-state index is 0. The second-order valence-corrected chi connectivity index (χ2v) is 3.02. The molecule has 0 radical (unpaired) electrons. The van der Waals surface area contributed by atoms with Crippen molar-refractivity contribution in [2.24, 2.45) is 5.92 Å². The van der Waals surface area contributed by atoms with Crippen molar-refractivity contribution in [2.75, 3.05) is 0 Å². The third-order valence-electron chi connectivity index (χ3n) is 2.38. The highest BCUT2D eigenvalue weighted by Gasteiger charge is 2.42. The zero-order valence-electron chi connectivity index (χ0n) is 5.55. The quantitative estimate of drug-likeness (QED) is 0.386. The van der Waals surface area contributed by atoms with Gasteiger partial charge in [-0.1, -0.05) is 6.08 Å². The Morgan fingerprint density at radius 3 is 3.00 bits per heavy atom. The van der Waals surface area contributed by atoms with Crippen LogP contribution in [0, 0.1) is 5.92 Å². The molecule has 3 atom stereocenters. The van der Waals surface area contributed by atoms with Gasteiger partial charge in [0.05, 0.1) is 12.2 Å². The lowest BCUT2D eigenvalue weighted by Gasteiger charge is -2.12. The molecule has 0 bridgehead atoms. The van der Waals surface area contributed by atoms with E-state index in [-0.39, 0.29) is 1.43 Å². The van der Waals surface area contributed by atoms with Gasteiger partial charge in [-0.2, -0.15) is 0 Å². The van der Waals surface area contributed by atoms with Crippen LogP contribution in [0.5, 0.6) is 0 Å². The van der Waals surface area contributed by atoms with Crippen molar-refractivity contribution in [1.82, 2.24) is 0 Å². The predicted octanol–water partition coefficient (Wildman–Crippen LogP) is 1.99. The summed E-state index contributed by atoms with van der Waals surface area (Å²) in [5.41, 5.74) is 0. The summed E-state index contributed by atoms with van der Waals surface area (Å²) in [7, 11) is 0. The van der Waals surface area contributed by atoms with Gasteiger partial charge in [0.1, 0.15) is 0 Å². The molecule has 3 unspecified atom stereocenters. The van der Waals surface area contributed by atoms with E-state index in [2.05, 4.69) is 12.7 Å². The number of rotatable bonds is 1. The SMILES string of the molecule is C=CC1CCC2OC2C1.[HH]. The smallest absolute Gasteiger partial charge is 0.0847 e. The Kier molecular flexibility index (Phi) is 1.12. The van der Waals surface area contributed by atoms with Gasteiger partial charge in [-0.3, -0.25) is 0 Å². The Morgan fingerprint density at radius 2 is 2.33 bits per heavy atom. The molecule has 0 aromatic heterocycles. The second-order valence-electron chi connectivity index (χ2n) is 3.02. The number of hydrogen-bond donors (Lipinski definition) is 0. The van der Waals surface area contributed by atoms with E-state index in [0.717, 1.165) is 5.92 Å². The third-order valence-corrected chi connectivity index (χ3v) is 2.38. The van der Waals surface area contributed by atoms with Crippen molar-refractivity contribution >= 4 is 0 Å². The lowest BCUT2D eigenvalue weighted by atomic mass is 9.90. The topological polar surface area (TPSA) is 12.5 Å². The molecular weight excluding hydrogens is 112 g/mol. The molecule has 1 nitrogen and oxygen atoms in total. The van der Waals surface area contributed by atoms with Crippen LogP contribution in [-0.4, -0.2) is 12.2 Å². The zero-order valence-corrected chi connectivity index (χ0v) is 5.55.